The van der Waals surface area contributed by atoms with Crippen molar-refractivity contribution in [3.05, 3.63) is 0 Å². The summed E-state index contributed by atoms with van der Waals surface area (Å²) >= 11 is 0. The van der Waals surface area contributed by atoms with E-state index >= 15 is 0 Å². The van der Waals surface area contributed by atoms with Crippen molar-refractivity contribution >= 4 is 0 Å². The Morgan fingerprint density at radius 2 is 2.00 bits per heavy atom. The first kappa shape index (κ1) is 16.9. The lowest BCUT2D eigenvalue weighted by Gasteiger charge is -2.29. The average Bonchev–Trinajstić information content (AvgIpc) is 3.25. The number of methoxy groups -OCH3 is 1. The number of hydrogen-bond acceptors (Lipinski definition) is 4. The molecule has 0 saturated heterocycles. The van der Waals surface area contributed by atoms with Gasteiger partial charge in [0.1, 0.15) is 0 Å². The van der Waals surface area contributed by atoms with Crippen LogP contribution in [0.3, 0.4) is 0 Å². The first-order valence-corrected chi connectivity index (χ1v) is 7.81. The summed E-state index contributed by atoms with van der Waals surface area (Å²) in [5, 5.41) is 3.50. The maximum atomic E-state index is 5.33. The summed E-state index contributed by atoms with van der Waals surface area (Å²) < 4.78 is 10.5. The molecule has 1 aliphatic carbocycles. The van der Waals surface area contributed by atoms with Gasteiger partial charge in [0, 0.05) is 46.0 Å². The van der Waals surface area contributed by atoms with Crippen LogP contribution in [0, 0.1) is 5.92 Å². The Morgan fingerprint density at radius 3 is 2.63 bits per heavy atom. The molecular weight excluding hydrogens is 240 g/mol. The van der Waals surface area contributed by atoms with Gasteiger partial charge in [0.25, 0.3) is 0 Å². The molecule has 1 atom stereocenters. The van der Waals surface area contributed by atoms with Gasteiger partial charge in [-0.05, 0) is 45.6 Å². The smallest absolute Gasteiger partial charge is 0.0589 e. The topological polar surface area (TPSA) is 33.7 Å². The average molecular weight is 272 g/mol. The third kappa shape index (κ3) is 7.88. The van der Waals surface area contributed by atoms with Crippen LogP contribution in [-0.2, 0) is 9.47 Å². The van der Waals surface area contributed by atoms with Crippen molar-refractivity contribution < 1.29 is 9.47 Å². The minimum Gasteiger partial charge on any atom is -0.383 e. The van der Waals surface area contributed by atoms with Crippen LogP contribution in [0.15, 0.2) is 0 Å². The predicted octanol–water partition coefficient (Wildman–Crippen LogP) is 1.75. The van der Waals surface area contributed by atoms with Gasteiger partial charge in [0.2, 0.25) is 0 Å². The van der Waals surface area contributed by atoms with Gasteiger partial charge in [0.05, 0.1) is 6.61 Å². The van der Waals surface area contributed by atoms with E-state index in [0.717, 1.165) is 58.3 Å². The molecule has 1 saturated carbocycles. The van der Waals surface area contributed by atoms with Crippen LogP contribution in [-0.4, -0.2) is 64.1 Å². The lowest BCUT2D eigenvalue weighted by molar-refractivity contribution is 0.116. The van der Waals surface area contributed by atoms with Crippen LogP contribution in [0.1, 0.15) is 33.1 Å². The fourth-order valence-electron chi connectivity index (χ4n) is 2.40. The molecule has 0 aromatic heterocycles. The molecule has 0 heterocycles. The number of rotatable bonds is 13. The Morgan fingerprint density at radius 1 is 1.21 bits per heavy atom. The maximum Gasteiger partial charge on any atom is 0.0589 e. The van der Waals surface area contributed by atoms with E-state index in [4.69, 9.17) is 9.47 Å². The molecule has 114 valence electrons. The van der Waals surface area contributed by atoms with E-state index in [0.29, 0.717) is 6.04 Å². The summed E-state index contributed by atoms with van der Waals surface area (Å²) in [4.78, 5) is 2.57. The lowest BCUT2D eigenvalue weighted by atomic mass is 10.2. The standard InChI is InChI=1S/C15H32N2O2/c1-4-19-12-5-8-16-9-10-17(11-13-18-3)14(2)15-6-7-15/h14-16H,4-13H2,1-3H3. The number of nitrogens with zero attached hydrogens (tertiary/aromatic N) is 1. The lowest BCUT2D eigenvalue weighted by Crippen LogP contribution is -2.41. The summed E-state index contributed by atoms with van der Waals surface area (Å²) in [6.07, 6.45) is 3.92. The van der Waals surface area contributed by atoms with E-state index in [1.165, 1.54) is 12.8 Å². The highest BCUT2D eigenvalue weighted by Crippen LogP contribution is 2.34. The maximum absolute atomic E-state index is 5.33. The highest BCUT2D eigenvalue weighted by molar-refractivity contribution is 4.85. The van der Waals surface area contributed by atoms with Crippen molar-refractivity contribution in [3.8, 4) is 0 Å². The summed E-state index contributed by atoms with van der Waals surface area (Å²) in [5.41, 5.74) is 0. The monoisotopic (exact) mass is 272 g/mol. The molecule has 1 aliphatic rings. The molecule has 0 aliphatic heterocycles. The van der Waals surface area contributed by atoms with Gasteiger partial charge in [-0.3, -0.25) is 4.90 Å². The molecule has 1 fully saturated rings. The zero-order valence-corrected chi connectivity index (χ0v) is 13.0. The minimum absolute atomic E-state index is 0.709. The van der Waals surface area contributed by atoms with Gasteiger partial charge in [-0.1, -0.05) is 0 Å². The summed E-state index contributed by atoms with van der Waals surface area (Å²) in [6, 6.07) is 0.709. The van der Waals surface area contributed by atoms with Crippen molar-refractivity contribution in [3.63, 3.8) is 0 Å². The van der Waals surface area contributed by atoms with Crippen LogP contribution in [0.5, 0.6) is 0 Å². The van der Waals surface area contributed by atoms with Crippen LogP contribution in [0.2, 0.25) is 0 Å². The zero-order chi connectivity index (χ0) is 13.9. The van der Waals surface area contributed by atoms with E-state index in [9.17, 15) is 0 Å². The van der Waals surface area contributed by atoms with Gasteiger partial charge in [0.15, 0.2) is 0 Å². The number of nitrogens with one attached hydrogen (secondary N) is 1. The fourth-order valence-corrected chi connectivity index (χ4v) is 2.40. The van der Waals surface area contributed by atoms with Gasteiger partial charge in [-0.2, -0.15) is 0 Å². The second kappa shape index (κ2) is 10.6. The second-order valence-electron chi connectivity index (χ2n) is 5.41. The van der Waals surface area contributed by atoms with Gasteiger partial charge in [-0.15, -0.1) is 0 Å². The molecule has 4 nitrogen and oxygen atoms in total. The largest absolute Gasteiger partial charge is 0.383 e. The molecule has 0 spiro atoms. The van der Waals surface area contributed by atoms with E-state index in [1.807, 2.05) is 6.92 Å². The predicted molar refractivity (Wildman–Crippen MR) is 79.6 cm³/mol. The van der Waals surface area contributed by atoms with E-state index < -0.39 is 0 Å². The number of hydrogen-bond donors (Lipinski definition) is 1. The molecule has 1 N–H and O–H groups in total. The Hall–Kier alpha value is -0.160. The van der Waals surface area contributed by atoms with Gasteiger partial charge < -0.3 is 14.8 Å². The van der Waals surface area contributed by atoms with Crippen LogP contribution in [0.4, 0.5) is 0 Å². The Balaban J connectivity index is 2.06. The third-order valence-electron chi connectivity index (χ3n) is 3.88. The molecule has 19 heavy (non-hydrogen) atoms. The van der Waals surface area contributed by atoms with Gasteiger partial charge in [-0.25, -0.2) is 0 Å². The first-order chi connectivity index (χ1) is 9.29. The molecule has 0 aromatic carbocycles. The van der Waals surface area contributed by atoms with E-state index in [2.05, 4.69) is 17.1 Å². The molecule has 0 bridgehead atoms. The quantitative estimate of drug-likeness (QED) is 0.518. The van der Waals surface area contributed by atoms with Crippen LogP contribution in [0.25, 0.3) is 0 Å². The molecule has 4 heteroatoms. The van der Waals surface area contributed by atoms with Crippen LogP contribution < -0.4 is 5.32 Å². The normalized spacial score (nSPS) is 17.1. The van der Waals surface area contributed by atoms with Crippen molar-refractivity contribution in [2.45, 2.75) is 39.2 Å². The van der Waals surface area contributed by atoms with Gasteiger partial charge >= 0.3 is 0 Å². The SMILES string of the molecule is CCOCCCNCCN(CCOC)C(C)C1CC1. The molecular formula is C15H32N2O2. The minimum atomic E-state index is 0.709. The first-order valence-electron chi connectivity index (χ1n) is 7.81. The van der Waals surface area contributed by atoms with Crippen LogP contribution >= 0.6 is 0 Å². The van der Waals surface area contributed by atoms with Crippen molar-refractivity contribution in [2.75, 3.05) is 53.1 Å². The highest BCUT2D eigenvalue weighted by Gasteiger charge is 2.31. The Kier molecular flexibility index (Phi) is 9.43. The Bertz CT molecular complexity index is 210. The molecule has 0 aromatic rings. The third-order valence-corrected chi connectivity index (χ3v) is 3.88. The summed E-state index contributed by atoms with van der Waals surface area (Å²) in [6.45, 7) is 11.2. The molecule has 1 rings (SSSR count). The second-order valence-corrected chi connectivity index (χ2v) is 5.41. The van der Waals surface area contributed by atoms with E-state index in [1.54, 1.807) is 7.11 Å². The van der Waals surface area contributed by atoms with E-state index in [-0.39, 0.29) is 0 Å². The molecule has 0 radical (unpaired) electrons. The van der Waals surface area contributed by atoms with Crippen molar-refractivity contribution in [1.82, 2.24) is 10.2 Å². The fraction of sp³-hybridized carbons (Fsp3) is 1.00. The Labute approximate surface area is 118 Å². The molecule has 0 amide bonds. The van der Waals surface area contributed by atoms with Crippen molar-refractivity contribution in [1.29, 1.82) is 0 Å². The highest BCUT2D eigenvalue weighted by atomic mass is 16.5. The summed E-state index contributed by atoms with van der Waals surface area (Å²) in [7, 11) is 1.78. The zero-order valence-electron chi connectivity index (χ0n) is 13.0. The van der Waals surface area contributed by atoms with Crippen molar-refractivity contribution in [2.24, 2.45) is 5.92 Å². The summed E-state index contributed by atoms with van der Waals surface area (Å²) in [5.74, 6) is 0.926. The number of ether oxygens (including phenoxy) is 2. The molecule has 1 unspecified atom stereocenters.